The molecule has 0 aliphatic carbocycles. The first-order chi connectivity index (χ1) is 11.1. The smallest absolute Gasteiger partial charge is 0.254 e. The highest BCUT2D eigenvalue weighted by Crippen LogP contribution is 2.22. The van der Waals surface area contributed by atoms with Crippen molar-refractivity contribution in [3.05, 3.63) is 45.9 Å². The van der Waals surface area contributed by atoms with E-state index in [1.54, 1.807) is 11.3 Å². The number of ether oxygens (including phenoxy) is 1. The molecule has 1 amide bonds. The zero-order valence-corrected chi connectivity index (χ0v) is 15.0. The van der Waals surface area contributed by atoms with Crippen LogP contribution >= 0.6 is 23.1 Å². The summed E-state index contributed by atoms with van der Waals surface area (Å²) in [4.78, 5) is 18.9. The lowest BCUT2D eigenvalue weighted by Crippen LogP contribution is -2.41. The molecule has 2 aromatic rings. The molecule has 0 N–H and O–H groups in total. The second-order valence-electron chi connectivity index (χ2n) is 5.61. The molecule has 0 bridgehead atoms. The summed E-state index contributed by atoms with van der Waals surface area (Å²) in [5, 5.41) is 3.53. The fraction of sp³-hybridized carbons (Fsp3) is 0.412. The normalized spacial score (nSPS) is 18.0. The predicted octanol–water partition coefficient (Wildman–Crippen LogP) is 3.61. The Labute approximate surface area is 144 Å². The summed E-state index contributed by atoms with van der Waals surface area (Å²) in [7, 11) is 0. The Morgan fingerprint density at radius 3 is 3.09 bits per heavy atom. The van der Waals surface area contributed by atoms with Crippen LogP contribution in [-0.4, -0.2) is 39.9 Å². The van der Waals surface area contributed by atoms with Crippen molar-refractivity contribution in [3.63, 3.8) is 0 Å². The summed E-state index contributed by atoms with van der Waals surface area (Å²) in [6.45, 7) is 6.20. The number of amides is 1. The number of thioether (sulfide) groups is 1. The van der Waals surface area contributed by atoms with Crippen LogP contribution in [0.5, 0.6) is 5.75 Å². The van der Waals surface area contributed by atoms with E-state index in [9.17, 15) is 4.79 Å². The Morgan fingerprint density at radius 1 is 1.48 bits per heavy atom. The number of hydrogen-bond acceptors (Lipinski definition) is 5. The first-order valence-electron chi connectivity index (χ1n) is 7.66. The fourth-order valence-electron chi connectivity index (χ4n) is 2.54. The number of rotatable bonds is 4. The minimum Gasteiger partial charge on any atom is -0.487 e. The molecule has 1 atom stereocenters. The molecule has 2 heterocycles. The van der Waals surface area contributed by atoms with E-state index in [2.05, 4.69) is 11.9 Å². The highest BCUT2D eigenvalue weighted by molar-refractivity contribution is 7.99. The number of aryl methyl sites for hydroxylation is 1. The predicted molar refractivity (Wildman–Crippen MR) is 95.4 cm³/mol. The minimum atomic E-state index is 0.0899. The van der Waals surface area contributed by atoms with E-state index >= 15 is 0 Å². The van der Waals surface area contributed by atoms with Gasteiger partial charge in [0, 0.05) is 35.0 Å². The number of hydrogen-bond donors (Lipinski definition) is 0. The Morgan fingerprint density at radius 2 is 2.35 bits per heavy atom. The number of benzene rings is 1. The second kappa shape index (κ2) is 7.36. The molecule has 3 rings (SSSR count). The maximum absolute atomic E-state index is 12.6. The van der Waals surface area contributed by atoms with E-state index in [1.165, 1.54) is 0 Å². The summed E-state index contributed by atoms with van der Waals surface area (Å²) < 4.78 is 5.77. The lowest BCUT2D eigenvalue weighted by atomic mass is 10.2. The van der Waals surface area contributed by atoms with Gasteiger partial charge in [0.05, 0.1) is 10.7 Å². The van der Waals surface area contributed by atoms with Crippen molar-refractivity contribution in [2.75, 3.05) is 18.8 Å². The van der Waals surface area contributed by atoms with Gasteiger partial charge >= 0.3 is 0 Å². The van der Waals surface area contributed by atoms with Gasteiger partial charge in [0.2, 0.25) is 0 Å². The van der Waals surface area contributed by atoms with E-state index < -0.39 is 0 Å². The SMILES string of the molecule is Cc1nc(COc2cccc(C(=O)N3CCS[C@@H](C)C3)c2)cs1. The first kappa shape index (κ1) is 16.3. The summed E-state index contributed by atoms with van der Waals surface area (Å²) >= 11 is 3.53. The van der Waals surface area contributed by atoms with Gasteiger partial charge < -0.3 is 9.64 Å². The Hall–Kier alpha value is -1.53. The van der Waals surface area contributed by atoms with Crippen LogP contribution in [0.1, 0.15) is 28.0 Å². The van der Waals surface area contributed by atoms with Crippen LogP contribution in [0, 0.1) is 6.92 Å². The zero-order valence-electron chi connectivity index (χ0n) is 13.3. The summed E-state index contributed by atoms with van der Waals surface area (Å²) in [6, 6.07) is 7.43. The van der Waals surface area contributed by atoms with Gasteiger partial charge in [-0.1, -0.05) is 13.0 Å². The summed E-state index contributed by atoms with van der Waals surface area (Å²) in [5.74, 6) is 1.81. The highest BCUT2D eigenvalue weighted by Gasteiger charge is 2.22. The molecule has 1 aromatic heterocycles. The average Bonchev–Trinajstić information content (AvgIpc) is 2.98. The van der Waals surface area contributed by atoms with Crippen LogP contribution in [0.4, 0.5) is 0 Å². The van der Waals surface area contributed by atoms with E-state index in [0.29, 0.717) is 23.2 Å². The third kappa shape index (κ3) is 4.26. The number of thiazole rings is 1. The molecule has 1 aliphatic rings. The molecule has 1 aromatic carbocycles. The van der Waals surface area contributed by atoms with E-state index in [-0.39, 0.29) is 5.91 Å². The highest BCUT2D eigenvalue weighted by atomic mass is 32.2. The third-order valence-electron chi connectivity index (χ3n) is 3.66. The Bertz CT molecular complexity index is 687. The van der Waals surface area contributed by atoms with Gasteiger partial charge in [-0.25, -0.2) is 4.98 Å². The number of nitrogens with zero attached hydrogens (tertiary/aromatic N) is 2. The summed E-state index contributed by atoms with van der Waals surface area (Å²) in [6.07, 6.45) is 0. The van der Waals surface area contributed by atoms with Crippen molar-refractivity contribution in [1.82, 2.24) is 9.88 Å². The van der Waals surface area contributed by atoms with Gasteiger partial charge in [0.15, 0.2) is 0 Å². The van der Waals surface area contributed by atoms with Crippen molar-refractivity contribution >= 4 is 29.0 Å². The molecule has 122 valence electrons. The maximum Gasteiger partial charge on any atom is 0.254 e. The van der Waals surface area contributed by atoms with Gasteiger partial charge in [0.25, 0.3) is 5.91 Å². The van der Waals surface area contributed by atoms with Crippen molar-refractivity contribution in [2.24, 2.45) is 0 Å². The monoisotopic (exact) mass is 348 g/mol. The average molecular weight is 348 g/mol. The molecule has 0 spiro atoms. The molecule has 0 unspecified atom stereocenters. The van der Waals surface area contributed by atoms with Gasteiger partial charge in [0.1, 0.15) is 12.4 Å². The van der Waals surface area contributed by atoms with Crippen molar-refractivity contribution in [3.8, 4) is 5.75 Å². The molecule has 1 aliphatic heterocycles. The van der Waals surface area contributed by atoms with E-state index in [4.69, 9.17) is 4.74 Å². The molecule has 0 saturated carbocycles. The zero-order chi connectivity index (χ0) is 16.2. The Balaban J connectivity index is 1.65. The molecule has 0 radical (unpaired) electrons. The van der Waals surface area contributed by atoms with Crippen LogP contribution < -0.4 is 4.74 Å². The molecule has 1 saturated heterocycles. The van der Waals surface area contributed by atoms with Gasteiger partial charge in [-0.3, -0.25) is 4.79 Å². The lowest BCUT2D eigenvalue weighted by molar-refractivity contribution is 0.0762. The number of carbonyl (C=O) groups excluding carboxylic acids is 1. The minimum absolute atomic E-state index is 0.0899. The third-order valence-corrected chi connectivity index (χ3v) is 5.62. The fourth-order valence-corrected chi connectivity index (χ4v) is 4.15. The molecule has 4 nitrogen and oxygen atoms in total. The quantitative estimate of drug-likeness (QED) is 0.846. The molecule has 1 fully saturated rings. The topological polar surface area (TPSA) is 42.4 Å². The van der Waals surface area contributed by atoms with E-state index in [0.717, 1.165) is 29.5 Å². The van der Waals surface area contributed by atoms with Crippen LogP contribution in [-0.2, 0) is 6.61 Å². The van der Waals surface area contributed by atoms with Crippen molar-refractivity contribution < 1.29 is 9.53 Å². The molecular formula is C17H20N2O2S2. The van der Waals surface area contributed by atoms with Gasteiger partial charge in [-0.05, 0) is 25.1 Å². The van der Waals surface area contributed by atoms with Crippen LogP contribution in [0.25, 0.3) is 0 Å². The lowest BCUT2D eigenvalue weighted by Gasteiger charge is -2.30. The van der Waals surface area contributed by atoms with Gasteiger partial charge in [-0.2, -0.15) is 11.8 Å². The van der Waals surface area contributed by atoms with E-state index in [1.807, 2.05) is 53.2 Å². The molecule has 6 heteroatoms. The second-order valence-corrected chi connectivity index (χ2v) is 8.22. The van der Waals surface area contributed by atoms with Crippen molar-refractivity contribution in [1.29, 1.82) is 0 Å². The first-order valence-corrected chi connectivity index (χ1v) is 9.59. The maximum atomic E-state index is 12.6. The largest absolute Gasteiger partial charge is 0.487 e. The van der Waals surface area contributed by atoms with Crippen LogP contribution in [0.3, 0.4) is 0 Å². The van der Waals surface area contributed by atoms with Crippen molar-refractivity contribution in [2.45, 2.75) is 25.7 Å². The van der Waals surface area contributed by atoms with Gasteiger partial charge in [-0.15, -0.1) is 11.3 Å². The molecular weight excluding hydrogens is 328 g/mol. The summed E-state index contributed by atoms with van der Waals surface area (Å²) in [5.41, 5.74) is 1.61. The van der Waals surface area contributed by atoms with Crippen LogP contribution in [0.2, 0.25) is 0 Å². The number of carbonyl (C=O) groups is 1. The van der Waals surface area contributed by atoms with Crippen LogP contribution in [0.15, 0.2) is 29.6 Å². The molecule has 23 heavy (non-hydrogen) atoms. The standard InChI is InChI=1S/C17H20N2O2S2/c1-12-9-19(6-7-22-12)17(20)14-4-3-5-16(8-14)21-10-15-11-23-13(2)18-15/h3-5,8,11-12H,6-7,9-10H2,1-2H3/t12-/m0/s1. The number of aromatic nitrogens is 1. The Kier molecular flexibility index (Phi) is 5.23.